The maximum absolute atomic E-state index is 12.9. The van der Waals surface area contributed by atoms with Crippen molar-refractivity contribution in [3.8, 4) is 5.00 Å². The summed E-state index contributed by atoms with van der Waals surface area (Å²) >= 11 is 14.3. The van der Waals surface area contributed by atoms with Gasteiger partial charge in [-0.1, -0.05) is 48.3 Å². The molecule has 0 unspecified atom stereocenters. The van der Waals surface area contributed by atoms with E-state index >= 15 is 0 Å². The third-order valence-electron chi connectivity index (χ3n) is 6.11. The summed E-state index contributed by atoms with van der Waals surface area (Å²) in [5.74, 6) is 1.12. The van der Waals surface area contributed by atoms with Crippen molar-refractivity contribution in [1.82, 2.24) is 25.1 Å². The number of rotatable bonds is 5. The van der Waals surface area contributed by atoms with E-state index in [0.29, 0.717) is 33.9 Å². The van der Waals surface area contributed by atoms with Crippen molar-refractivity contribution in [2.24, 2.45) is 4.99 Å². The highest BCUT2D eigenvalue weighted by Crippen LogP contribution is 2.34. The molecule has 1 aliphatic heterocycles. The maximum Gasteiger partial charge on any atom is 0.268 e. The van der Waals surface area contributed by atoms with E-state index < -0.39 is 0 Å². The van der Waals surface area contributed by atoms with Gasteiger partial charge < -0.3 is 10.3 Å². The summed E-state index contributed by atoms with van der Waals surface area (Å²) in [5.41, 5.74) is 4.01. The first-order valence-electron chi connectivity index (χ1n) is 11.4. The Morgan fingerprint density at radius 2 is 1.97 bits per heavy atom. The van der Waals surface area contributed by atoms with Gasteiger partial charge in [-0.05, 0) is 42.8 Å². The van der Waals surface area contributed by atoms with E-state index in [4.69, 9.17) is 28.2 Å². The van der Waals surface area contributed by atoms with Crippen LogP contribution in [0.2, 0.25) is 10.0 Å². The number of nitrogens with one attached hydrogen (secondary N) is 2. The van der Waals surface area contributed by atoms with Gasteiger partial charge in [-0.3, -0.25) is 14.4 Å². The lowest BCUT2D eigenvalue weighted by Gasteiger charge is -2.10. The van der Waals surface area contributed by atoms with Crippen LogP contribution in [0.25, 0.3) is 15.9 Å². The third kappa shape index (κ3) is 4.01. The van der Waals surface area contributed by atoms with Crippen LogP contribution in [-0.4, -0.2) is 31.4 Å². The van der Waals surface area contributed by atoms with Crippen LogP contribution in [-0.2, 0) is 19.5 Å². The molecule has 4 heterocycles. The smallest absolute Gasteiger partial charge is 0.268 e. The van der Waals surface area contributed by atoms with Crippen molar-refractivity contribution in [1.29, 1.82) is 0 Å². The third-order valence-corrected chi connectivity index (χ3v) is 7.94. The number of carbonyl (C=O) groups is 1. The summed E-state index contributed by atoms with van der Waals surface area (Å²) in [4.78, 5) is 22.2. The number of aryl methyl sites for hydroxylation is 1. The van der Waals surface area contributed by atoms with Crippen molar-refractivity contribution < 1.29 is 4.79 Å². The zero-order chi connectivity index (χ0) is 24.8. The number of H-pyrrole nitrogens is 1. The van der Waals surface area contributed by atoms with E-state index in [-0.39, 0.29) is 12.5 Å². The van der Waals surface area contributed by atoms with Crippen molar-refractivity contribution in [2.75, 3.05) is 0 Å². The molecule has 2 N–H and O–H groups in total. The molecule has 0 fully saturated rings. The van der Waals surface area contributed by atoms with Gasteiger partial charge in [-0.25, -0.2) is 0 Å². The topological polar surface area (TPSA) is 88.0 Å². The Kier molecular flexibility index (Phi) is 5.87. The van der Waals surface area contributed by atoms with Gasteiger partial charge >= 0.3 is 0 Å². The second-order valence-electron chi connectivity index (χ2n) is 8.39. The number of amides is 1. The summed E-state index contributed by atoms with van der Waals surface area (Å²) in [6.07, 6.45) is 0.890. The zero-order valence-electron chi connectivity index (χ0n) is 19.2. The first kappa shape index (κ1) is 23.0. The molecule has 1 amide bonds. The summed E-state index contributed by atoms with van der Waals surface area (Å²) in [7, 11) is 0. The van der Waals surface area contributed by atoms with Gasteiger partial charge in [0.1, 0.15) is 17.2 Å². The van der Waals surface area contributed by atoms with Crippen molar-refractivity contribution >= 4 is 57.1 Å². The van der Waals surface area contributed by atoms with Gasteiger partial charge in [-0.15, -0.1) is 21.5 Å². The number of thiophene rings is 1. The first-order valence-corrected chi connectivity index (χ1v) is 13.0. The van der Waals surface area contributed by atoms with E-state index in [1.54, 1.807) is 23.5 Å². The quantitative estimate of drug-likeness (QED) is 0.291. The molecule has 2 aromatic carbocycles. The van der Waals surface area contributed by atoms with Gasteiger partial charge in [0.25, 0.3) is 5.91 Å². The molecule has 36 heavy (non-hydrogen) atoms. The van der Waals surface area contributed by atoms with Crippen LogP contribution in [0.15, 0.2) is 59.6 Å². The van der Waals surface area contributed by atoms with Crippen LogP contribution >= 0.6 is 34.5 Å². The molecule has 0 saturated heterocycles. The lowest BCUT2D eigenvalue weighted by atomic mass is 10.0. The van der Waals surface area contributed by atoms with Crippen LogP contribution in [0.3, 0.4) is 0 Å². The number of benzene rings is 2. The lowest BCUT2D eigenvalue weighted by Crippen LogP contribution is -2.25. The molecule has 0 aliphatic carbocycles. The van der Waals surface area contributed by atoms with E-state index in [2.05, 4.69) is 33.5 Å². The fraction of sp³-hybridized carbons (Fsp3) is 0.154. The van der Waals surface area contributed by atoms with E-state index in [1.165, 1.54) is 4.88 Å². The van der Waals surface area contributed by atoms with Crippen LogP contribution < -0.4 is 5.32 Å². The molecule has 0 radical (unpaired) electrons. The number of halogens is 2. The number of hydrogen-bond acceptors (Lipinski definition) is 5. The molecule has 10 heteroatoms. The molecule has 3 aromatic heterocycles. The number of aromatic nitrogens is 4. The van der Waals surface area contributed by atoms with E-state index in [0.717, 1.165) is 39.2 Å². The van der Waals surface area contributed by atoms with E-state index in [1.807, 2.05) is 41.0 Å². The Balaban J connectivity index is 1.33. The molecule has 0 bridgehead atoms. The molecular weight excluding hydrogens is 515 g/mol. The average molecular weight is 535 g/mol. The van der Waals surface area contributed by atoms with Crippen LogP contribution in [0, 0.1) is 0 Å². The minimum absolute atomic E-state index is 0.210. The molecule has 5 aromatic rings. The van der Waals surface area contributed by atoms with Gasteiger partial charge in [0.05, 0.1) is 12.3 Å². The van der Waals surface area contributed by atoms with E-state index in [9.17, 15) is 4.79 Å². The highest BCUT2D eigenvalue weighted by molar-refractivity contribution is 7.15. The average Bonchev–Trinajstić information content (AvgIpc) is 3.58. The molecule has 180 valence electrons. The Bertz CT molecular complexity index is 1660. The minimum atomic E-state index is -0.234. The van der Waals surface area contributed by atoms with Gasteiger partial charge in [0.15, 0.2) is 11.6 Å². The van der Waals surface area contributed by atoms with Gasteiger partial charge in [-0.2, -0.15) is 0 Å². The standard InChI is InChI=1S/C26H20Cl2N6OS/c1-2-16-11-18-24(17-5-3-4-6-19(17)28)29-12-22-32-33-23(34(22)26(18)36-16)13-30-25(35)21-10-14-9-15(27)7-8-20(14)31-21/h3-11,31H,2,12-13H2,1H3,(H,30,35). The number of nitrogens with zero attached hydrogens (tertiary/aromatic N) is 4. The number of aromatic amines is 1. The molecule has 0 saturated carbocycles. The summed E-state index contributed by atoms with van der Waals surface area (Å²) in [6, 6.07) is 17.1. The predicted molar refractivity (Wildman–Crippen MR) is 144 cm³/mol. The highest BCUT2D eigenvalue weighted by Gasteiger charge is 2.26. The van der Waals surface area contributed by atoms with Crippen molar-refractivity contribution in [3.63, 3.8) is 0 Å². The number of aliphatic imine (C=N–C) groups is 1. The minimum Gasteiger partial charge on any atom is -0.351 e. The summed E-state index contributed by atoms with van der Waals surface area (Å²) in [5, 5.41) is 14.9. The molecule has 0 atom stereocenters. The SMILES string of the molecule is CCc1cc2c(s1)-n1c(nnc1CNC(=O)c1cc3cc(Cl)ccc3[nH]1)CN=C2c1ccccc1Cl. The molecule has 6 rings (SSSR count). The van der Waals surface area contributed by atoms with Crippen molar-refractivity contribution in [3.05, 3.63) is 98.0 Å². The normalized spacial score (nSPS) is 12.7. The van der Waals surface area contributed by atoms with Crippen LogP contribution in [0.4, 0.5) is 0 Å². The zero-order valence-corrected chi connectivity index (χ0v) is 21.5. The Hall–Kier alpha value is -3.46. The second-order valence-corrected chi connectivity index (χ2v) is 10.4. The molecule has 7 nitrogen and oxygen atoms in total. The fourth-order valence-electron chi connectivity index (χ4n) is 4.35. The second kappa shape index (κ2) is 9.20. The fourth-order valence-corrected chi connectivity index (χ4v) is 5.89. The predicted octanol–water partition coefficient (Wildman–Crippen LogP) is 5.96. The van der Waals surface area contributed by atoms with Crippen LogP contribution in [0.1, 0.15) is 45.1 Å². The van der Waals surface area contributed by atoms with Gasteiger partial charge in [0.2, 0.25) is 0 Å². The highest BCUT2D eigenvalue weighted by atomic mass is 35.5. The number of hydrogen-bond donors (Lipinski definition) is 2. The Morgan fingerprint density at radius 1 is 1.11 bits per heavy atom. The maximum atomic E-state index is 12.9. The molecular formula is C26H20Cl2N6OS. The van der Waals surface area contributed by atoms with Crippen molar-refractivity contribution in [2.45, 2.75) is 26.4 Å². The first-order chi connectivity index (χ1) is 17.5. The number of fused-ring (bicyclic) bond motifs is 4. The summed E-state index contributed by atoms with van der Waals surface area (Å²) < 4.78 is 2.01. The Morgan fingerprint density at radius 3 is 2.81 bits per heavy atom. The molecule has 1 aliphatic rings. The monoisotopic (exact) mass is 534 g/mol. The summed E-state index contributed by atoms with van der Waals surface area (Å²) in [6.45, 7) is 2.69. The molecule has 0 spiro atoms. The number of carbonyl (C=O) groups excluding carboxylic acids is 1. The largest absolute Gasteiger partial charge is 0.351 e. The Labute approximate surface area is 220 Å². The van der Waals surface area contributed by atoms with Gasteiger partial charge in [0, 0.05) is 37.0 Å². The lowest BCUT2D eigenvalue weighted by molar-refractivity contribution is 0.0945. The van der Waals surface area contributed by atoms with Crippen LogP contribution in [0.5, 0.6) is 0 Å².